The van der Waals surface area contributed by atoms with E-state index in [2.05, 4.69) is 24.1 Å². The quantitative estimate of drug-likeness (QED) is 0.512. The molecule has 1 aromatic heterocycles. The molecule has 9 heteroatoms. The zero-order valence-electron chi connectivity index (χ0n) is 19.8. The number of amides is 3. The van der Waals surface area contributed by atoms with Crippen molar-refractivity contribution in [3.05, 3.63) is 57.0 Å². The van der Waals surface area contributed by atoms with E-state index in [0.717, 1.165) is 27.1 Å². The van der Waals surface area contributed by atoms with Crippen molar-refractivity contribution in [1.82, 2.24) is 9.88 Å². The number of rotatable bonds is 3. The number of carbonyl (C=O) groups excluding carboxylic acids is 3. The monoisotopic (exact) mass is 519 g/mol. The molecule has 4 aliphatic rings. The lowest BCUT2D eigenvalue weighted by molar-refractivity contribution is -0.143. The summed E-state index contributed by atoms with van der Waals surface area (Å²) in [4.78, 5) is 57.2. The van der Waals surface area contributed by atoms with Gasteiger partial charge in [-0.05, 0) is 47.1 Å². The Bertz CT molecular complexity index is 1520. The van der Waals surface area contributed by atoms with Gasteiger partial charge in [-0.2, -0.15) is 0 Å². The van der Waals surface area contributed by atoms with E-state index in [1.807, 2.05) is 42.5 Å². The highest BCUT2D eigenvalue weighted by Gasteiger charge is 2.70. The molecule has 2 saturated carbocycles. The van der Waals surface area contributed by atoms with Crippen LogP contribution < -0.4 is 10.2 Å². The fourth-order valence-corrected chi connectivity index (χ4v) is 10.6. The van der Waals surface area contributed by atoms with Crippen molar-refractivity contribution in [2.45, 2.75) is 36.0 Å². The molecule has 2 aliphatic heterocycles. The van der Waals surface area contributed by atoms with Gasteiger partial charge in [0.05, 0.1) is 16.9 Å². The summed E-state index contributed by atoms with van der Waals surface area (Å²) in [6, 6.07) is 13.5. The topological polar surface area (TPSA) is 99.3 Å². The summed E-state index contributed by atoms with van der Waals surface area (Å²) in [6.07, 6.45) is 0.856. The van der Waals surface area contributed by atoms with E-state index in [1.165, 1.54) is 16.2 Å². The number of anilines is 1. The summed E-state index contributed by atoms with van der Waals surface area (Å²) in [5.74, 6) is -1.14. The van der Waals surface area contributed by atoms with Crippen molar-refractivity contribution in [1.29, 1.82) is 0 Å². The fourth-order valence-electron chi connectivity index (χ4n) is 7.48. The molecular weight excluding hydrogens is 494 g/mol. The number of carbonyl (C=O) groups is 3. The molecule has 7 nitrogen and oxygen atoms in total. The van der Waals surface area contributed by atoms with Gasteiger partial charge in [0, 0.05) is 21.2 Å². The maximum Gasteiger partial charge on any atom is 0.305 e. The molecule has 0 spiro atoms. The van der Waals surface area contributed by atoms with Crippen LogP contribution in [0.2, 0.25) is 0 Å². The lowest BCUT2D eigenvalue weighted by Gasteiger charge is -2.47. The normalized spacial score (nSPS) is 31.4. The van der Waals surface area contributed by atoms with Gasteiger partial charge in [0.15, 0.2) is 0 Å². The third kappa shape index (κ3) is 2.99. The van der Waals surface area contributed by atoms with Crippen molar-refractivity contribution in [3.8, 4) is 0 Å². The van der Waals surface area contributed by atoms with Gasteiger partial charge in [0.1, 0.15) is 6.54 Å². The number of thiazole rings is 1. The van der Waals surface area contributed by atoms with Crippen LogP contribution in [-0.4, -0.2) is 39.4 Å². The molecule has 1 saturated heterocycles. The second-order valence-corrected chi connectivity index (χ2v) is 13.2. The Kier molecular flexibility index (Phi) is 4.68. The second kappa shape index (κ2) is 7.55. The number of aromatic nitrogens is 1. The van der Waals surface area contributed by atoms with Crippen LogP contribution >= 0.6 is 23.1 Å². The molecule has 0 radical (unpaired) electrons. The highest BCUT2D eigenvalue weighted by Crippen LogP contribution is 2.68. The predicted octanol–water partition coefficient (Wildman–Crippen LogP) is 3.85. The number of aromatic amines is 1. The van der Waals surface area contributed by atoms with Gasteiger partial charge in [-0.25, -0.2) is 0 Å². The minimum atomic E-state index is -0.369. The van der Waals surface area contributed by atoms with Gasteiger partial charge < -0.3 is 10.3 Å². The molecule has 3 amide bonds. The van der Waals surface area contributed by atoms with Crippen molar-refractivity contribution in [3.63, 3.8) is 0 Å². The van der Waals surface area contributed by atoms with E-state index in [1.54, 1.807) is 11.8 Å². The van der Waals surface area contributed by atoms with E-state index in [9.17, 15) is 19.2 Å². The number of nitrogens with zero attached hydrogens (tertiary/aromatic N) is 1. The Balaban J connectivity index is 1.13. The first-order chi connectivity index (χ1) is 17.2. The molecule has 2 aliphatic carbocycles. The van der Waals surface area contributed by atoms with Crippen molar-refractivity contribution < 1.29 is 14.4 Å². The summed E-state index contributed by atoms with van der Waals surface area (Å²) in [5.41, 5.74) is 0.395. The smallest absolute Gasteiger partial charge is 0.305 e. The summed E-state index contributed by atoms with van der Waals surface area (Å²) >= 11 is 2.94. The third-order valence-electron chi connectivity index (χ3n) is 8.82. The molecule has 184 valence electrons. The van der Waals surface area contributed by atoms with Crippen molar-refractivity contribution >= 4 is 57.3 Å². The number of thioether (sulfide) groups is 1. The highest BCUT2D eigenvalue weighted by molar-refractivity contribution is 8.00. The number of imide groups is 1. The summed E-state index contributed by atoms with van der Waals surface area (Å²) < 4.78 is 0. The lowest BCUT2D eigenvalue weighted by Crippen LogP contribution is -2.48. The molecule has 6 unspecified atom stereocenters. The van der Waals surface area contributed by atoms with Gasteiger partial charge in [-0.15, -0.1) is 11.8 Å². The van der Waals surface area contributed by atoms with E-state index in [-0.39, 0.29) is 69.4 Å². The number of hydrogen-bond acceptors (Lipinski definition) is 6. The SMILES string of the molecule is CC1(C)c2sc(=O)[nH]c2SC2C3CC(C4C(=O)N(CC(=O)Nc5ccc6ccccc6c5)C(=O)C34)C21. The Morgan fingerprint density at radius 3 is 2.56 bits per heavy atom. The highest BCUT2D eigenvalue weighted by atomic mass is 32.2. The van der Waals surface area contributed by atoms with Gasteiger partial charge in [0.25, 0.3) is 0 Å². The van der Waals surface area contributed by atoms with E-state index < -0.39 is 0 Å². The van der Waals surface area contributed by atoms with Crippen LogP contribution in [-0.2, 0) is 19.8 Å². The summed E-state index contributed by atoms with van der Waals surface area (Å²) in [6.45, 7) is 4.07. The number of H-pyrrole nitrogens is 1. The first-order valence-electron chi connectivity index (χ1n) is 12.3. The van der Waals surface area contributed by atoms with Crippen LogP contribution in [0.25, 0.3) is 10.8 Å². The molecular formula is C27H25N3O4S2. The van der Waals surface area contributed by atoms with E-state index in [0.29, 0.717) is 5.69 Å². The van der Waals surface area contributed by atoms with Crippen LogP contribution in [0.4, 0.5) is 5.69 Å². The van der Waals surface area contributed by atoms with Gasteiger partial charge >= 0.3 is 4.87 Å². The van der Waals surface area contributed by atoms with Crippen LogP contribution in [0.1, 0.15) is 25.1 Å². The second-order valence-electron chi connectivity index (χ2n) is 11.0. The predicted molar refractivity (Wildman–Crippen MR) is 139 cm³/mol. The molecule has 3 aromatic rings. The Morgan fingerprint density at radius 2 is 1.78 bits per heavy atom. The Morgan fingerprint density at radius 1 is 1.06 bits per heavy atom. The minimum absolute atomic E-state index is 0.0520. The van der Waals surface area contributed by atoms with Crippen LogP contribution in [0, 0.1) is 29.6 Å². The Labute approximate surface area is 215 Å². The molecule has 3 heterocycles. The van der Waals surface area contributed by atoms with Crippen molar-refractivity contribution in [2.24, 2.45) is 29.6 Å². The third-order valence-corrected chi connectivity index (χ3v) is 11.6. The zero-order chi connectivity index (χ0) is 24.9. The van der Waals surface area contributed by atoms with Gasteiger partial charge in [-0.1, -0.05) is 55.5 Å². The summed E-state index contributed by atoms with van der Waals surface area (Å²) in [7, 11) is 0. The van der Waals surface area contributed by atoms with Crippen LogP contribution in [0.15, 0.2) is 52.3 Å². The molecule has 2 aromatic carbocycles. The lowest BCUT2D eigenvalue weighted by atomic mass is 9.64. The van der Waals surface area contributed by atoms with E-state index >= 15 is 0 Å². The average Bonchev–Trinajstić information content (AvgIpc) is 3.57. The molecule has 2 bridgehead atoms. The zero-order valence-corrected chi connectivity index (χ0v) is 21.4. The number of fused-ring (bicyclic) bond motifs is 10. The Hall–Kier alpha value is -2.91. The molecule has 36 heavy (non-hydrogen) atoms. The van der Waals surface area contributed by atoms with Crippen LogP contribution in [0.3, 0.4) is 0 Å². The number of hydrogen-bond donors (Lipinski definition) is 2. The number of likely N-dealkylation sites (tertiary alicyclic amines) is 1. The largest absolute Gasteiger partial charge is 0.325 e. The minimum Gasteiger partial charge on any atom is -0.325 e. The standard InChI is InChI=1S/C27H25N3O4S2/c1-27(2)20-15-10-16(21(20)35-23-22(27)36-26(34)29-23)19-18(15)24(32)30(25(19)33)11-17(31)28-14-8-7-12-5-3-4-6-13(12)9-14/h3-9,15-16,18-21H,10-11H2,1-2H3,(H,28,31)(H,29,34). The first kappa shape index (κ1) is 22.3. The number of benzene rings is 2. The molecule has 2 N–H and O–H groups in total. The maximum atomic E-state index is 13.5. The average molecular weight is 520 g/mol. The van der Waals surface area contributed by atoms with Crippen molar-refractivity contribution in [2.75, 3.05) is 11.9 Å². The van der Waals surface area contributed by atoms with Gasteiger partial charge in [0.2, 0.25) is 17.7 Å². The summed E-state index contributed by atoms with van der Waals surface area (Å²) in [5, 5.41) is 6.05. The molecule has 3 fully saturated rings. The van der Waals surface area contributed by atoms with E-state index in [4.69, 9.17) is 0 Å². The fraction of sp³-hybridized carbons (Fsp3) is 0.407. The van der Waals surface area contributed by atoms with Gasteiger partial charge in [-0.3, -0.25) is 24.1 Å². The van der Waals surface area contributed by atoms with Crippen LogP contribution in [0.5, 0.6) is 0 Å². The maximum absolute atomic E-state index is 13.5. The first-order valence-corrected chi connectivity index (χ1v) is 14.0. The molecule has 6 atom stereocenters. The number of nitrogens with one attached hydrogen (secondary N) is 2. The molecule has 7 rings (SSSR count).